The maximum absolute atomic E-state index is 15.1. The van der Waals surface area contributed by atoms with Gasteiger partial charge in [0.05, 0.1) is 23.4 Å². The molecule has 3 aliphatic rings. The molecule has 1 saturated heterocycles. The van der Waals surface area contributed by atoms with E-state index in [1.54, 1.807) is 23.5 Å². The van der Waals surface area contributed by atoms with Crippen LogP contribution in [0.5, 0.6) is 5.75 Å². The molecule has 0 bridgehead atoms. The monoisotopic (exact) mass is 962 g/mol. The number of aromatic nitrogens is 4. The molecule has 2 aliphatic heterocycles. The number of hydrogen-bond donors (Lipinski definition) is 2. The molecule has 0 unspecified atom stereocenters. The molecule has 3 aromatic heterocycles. The largest absolute Gasteiger partial charge is 0.491 e. The molecule has 1 amide bonds. The fraction of sp³-hybridized carbons (Fsp3) is 0.419. The highest BCUT2D eigenvalue weighted by atomic mass is 127. The molecule has 0 atom stereocenters. The molecule has 1 saturated carbocycles. The summed E-state index contributed by atoms with van der Waals surface area (Å²) < 4.78 is 22.1. The molecule has 2 fully saturated rings. The predicted octanol–water partition coefficient (Wildman–Crippen LogP) is 7.79. The minimum atomic E-state index is -1.11. The van der Waals surface area contributed by atoms with Crippen molar-refractivity contribution in [3.63, 3.8) is 0 Å². The van der Waals surface area contributed by atoms with E-state index in [9.17, 15) is 19.5 Å². The number of carbonyl (C=O) groups excluding carboxylic acids is 2. The Balaban J connectivity index is 0.818. The second-order valence-corrected chi connectivity index (χ2v) is 18.4. The second kappa shape index (κ2) is 18.9. The molecule has 17 heteroatoms. The highest BCUT2D eigenvalue weighted by molar-refractivity contribution is 14.1. The second-order valence-electron chi connectivity index (χ2n) is 15.3. The Morgan fingerprint density at radius 2 is 1.78 bits per heavy atom. The van der Waals surface area contributed by atoms with Gasteiger partial charge in [-0.25, -0.2) is 19.2 Å². The zero-order chi connectivity index (χ0) is 41.8. The van der Waals surface area contributed by atoms with Crippen LogP contribution >= 0.6 is 45.3 Å². The van der Waals surface area contributed by atoms with Crippen molar-refractivity contribution in [3.8, 4) is 17.6 Å². The Bertz CT molecular complexity index is 2440. The van der Waals surface area contributed by atoms with Crippen molar-refractivity contribution in [3.05, 3.63) is 75.5 Å². The number of thiazole rings is 2. The number of carboxylic acids is 1. The molecule has 312 valence electrons. The van der Waals surface area contributed by atoms with Gasteiger partial charge in [0.1, 0.15) is 0 Å². The van der Waals surface area contributed by atoms with Gasteiger partial charge in [0.2, 0.25) is 5.91 Å². The lowest BCUT2D eigenvalue weighted by Gasteiger charge is -2.37. The zero-order valence-electron chi connectivity index (χ0n) is 33.1. The number of nitrogens with one attached hydrogen (secondary N) is 1. The first-order valence-electron chi connectivity index (χ1n) is 20.2. The number of carbonyl (C=O) groups is 3. The summed E-state index contributed by atoms with van der Waals surface area (Å²) in [6.45, 7) is 6.11. The van der Waals surface area contributed by atoms with Crippen molar-refractivity contribution < 1.29 is 28.6 Å². The van der Waals surface area contributed by atoms with Gasteiger partial charge in [0.25, 0.3) is 0 Å². The van der Waals surface area contributed by atoms with E-state index in [1.807, 2.05) is 63.6 Å². The van der Waals surface area contributed by atoms with Gasteiger partial charge in [-0.1, -0.05) is 35.3 Å². The summed E-state index contributed by atoms with van der Waals surface area (Å²) in [6.07, 6.45) is 5.66. The van der Waals surface area contributed by atoms with Gasteiger partial charge in [-0.05, 0) is 111 Å². The lowest BCUT2D eigenvalue weighted by Crippen LogP contribution is -2.50. The number of para-hydroxylation sites is 1. The van der Waals surface area contributed by atoms with Gasteiger partial charge >= 0.3 is 5.97 Å². The number of piperazine rings is 1. The van der Waals surface area contributed by atoms with Crippen LogP contribution in [0.1, 0.15) is 70.6 Å². The van der Waals surface area contributed by atoms with Crippen LogP contribution in [0.25, 0.3) is 10.2 Å². The number of nitrogens with zero attached hydrogens (tertiary/aromatic N) is 7. The minimum Gasteiger partial charge on any atom is -0.491 e. The summed E-state index contributed by atoms with van der Waals surface area (Å²) in [7, 11) is 0. The van der Waals surface area contributed by atoms with E-state index in [0.29, 0.717) is 66.2 Å². The molecule has 2 aromatic carbocycles. The van der Waals surface area contributed by atoms with E-state index < -0.39 is 11.8 Å². The van der Waals surface area contributed by atoms with E-state index >= 15 is 4.39 Å². The summed E-state index contributed by atoms with van der Waals surface area (Å²) >= 11 is 4.74. The van der Waals surface area contributed by atoms with Crippen LogP contribution in [0.15, 0.2) is 42.5 Å². The number of aryl methyl sites for hydroxylation is 1. The summed E-state index contributed by atoms with van der Waals surface area (Å²) in [6, 6.07) is 12.6. The molecule has 5 aromatic rings. The number of anilines is 4. The van der Waals surface area contributed by atoms with Crippen LogP contribution in [-0.4, -0.2) is 96.6 Å². The van der Waals surface area contributed by atoms with Gasteiger partial charge in [-0.2, -0.15) is 0 Å². The number of fused-ring (bicyclic) bond motifs is 2. The average Bonchev–Trinajstić information content (AvgIpc) is 3.88. The normalized spacial score (nSPS) is 18.1. The van der Waals surface area contributed by atoms with Crippen LogP contribution in [-0.2, 0) is 22.4 Å². The Morgan fingerprint density at radius 3 is 2.53 bits per heavy atom. The molecular formula is C43H44FIN8O5S2. The van der Waals surface area contributed by atoms with Crippen molar-refractivity contribution in [1.29, 1.82) is 0 Å². The molecule has 5 heterocycles. The van der Waals surface area contributed by atoms with Crippen LogP contribution in [0.2, 0.25) is 0 Å². The number of rotatable bonds is 12. The Morgan fingerprint density at radius 1 is 1.00 bits per heavy atom. The van der Waals surface area contributed by atoms with Crippen molar-refractivity contribution in [2.45, 2.75) is 58.3 Å². The molecule has 60 heavy (non-hydrogen) atoms. The molecule has 2 N–H and O–H groups in total. The molecule has 8 rings (SSSR count). The van der Waals surface area contributed by atoms with E-state index in [4.69, 9.17) is 4.74 Å². The van der Waals surface area contributed by atoms with Crippen LogP contribution in [0.3, 0.4) is 0 Å². The molecular weight excluding hydrogens is 919 g/mol. The number of carboxylic acid groups (broad SMARTS) is 1. The molecule has 13 nitrogen and oxygen atoms in total. The first-order valence-corrected chi connectivity index (χ1v) is 22.9. The van der Waals surface area contributed by atoms with Gasteiger partial charge in [0, 0.05) is 66.1 Å². The lowest BCUT2D eigenvalue weighted by molar-refractivity contribution is -0.139. The fourth-order valence-corrected chi connectivity index (χ4v) is 10.6. The third-order valence-corrected chi connectivity index (χ3v) is 14.4. The number of aromatic carboxylic acids is 1. The third-order valence-electron chi connectivity index (χ3n) is 11.4. The van der Waals surface area contributed by atoms with Gasteiger partial charge in [0.15, 0.2) is 42.9 Å². The van der Waals surface area contributed by atoms with E-state index in [2.05, 4.69) is 42.2 Å². The van der Waals surface area contributed by atoms with Crippen molar-refractivity contribution in [2.75, 3.05) is 56.1 Å². The standard InChI is InChI=1S/C43H44FIN8O5S2/c1-26-30-8-5-19-53(39(30)50-49-38(26)48-42-46-32-9-2-3-10-34(32)59-42)43-47-36(41(56)57)35(60-43)11-6-24-58-33-17-12-27(25-31(33)44)7-4-18-51-20-22-52(23-21-51)40(55)29-15-13-28(14-16-29)37(45)54/h2-3,9-10,12,17,25,28-29H,5-6,8,11,13-16,18-24H2,1H3,(H,56,57)(H,46,48,49). The zero-order valence-corrected chi connectivity index (χ0v) is 36.9. The van der Waals surface area contributed by atoms with Crippen LogP contribution < -0.4 is 15.0 Å². The summed E-state index contributed by atoms with van der Waals surface area (Å²) in [5.74, 6) is 6.29. The lowest BCUT2D eigenvalue weighted by atomic mass is 9.82. The Kier molecular flexibility index (Phi) is 13.2. The topological polar surface area (TPSA) is 154 Å². The summed E-state index contributed by atoms with van der Waals surface area (Å²) in [5.41, 5.74) is 3.45. The maximum Gasteiger partial charge on any atom is 0.355 e. The molecule has 1 aliphatic carbocycles. The van der Waals surface area contributed by atoms with E-state index in [-0.39, 0.29) is 39.6 Å². The smallest absolute Gasteiger partial charge is 0.355 e. The number of benzene rings is 2. The van der Waals surface area contributed by atoms with Gasteiger partial charge in [-0.15, -0.1) is 21.5 Å². The van der Waals surface area contributed by atoms with Gasteiger partial charge < -0.3 is 25.0 Å². The fourth-order valence-electron chi connectivity index (χ4n) is 8.02. The highest BCUT2D eigenvalue weighted by Gasteiger charge is 2.33. The van der Waals surface area contributed by atoms with E-state index in [1.165, 1.54) is 17.4 Å². The maximum atomic E-state index is 15.1. The van der Waals surface area contributed by atoms with Crippen LogP contribution in [0.4, 0.5) is 26.3 Å². The Hall–Kier alpha value is -4.77. The number of hydrogen-bond acceptors (Lipinski definition) is 13. The predicted molar refractivity (Wildman–Crippen MR) is 239 cm³/mol. The minimum absolute atomic E-state index is 0.00521. The van der Waals surface area contributed by atoms with E-state index in [0.717, 1.165) is 78.1 Å². The quantitative estimate of drug-likeness (QED) is 0.0543. The highest BCUT2D eigenvalue weighted by Crippen LogP contribution is 2.39. The van der Waals surface area contributed by atoms with Gasteiger partial charge in [-0.3, -0.25) is 14.5 Å². The van der Waals surface area contributed by atoms with Crippen LogP contribution in [0, 0.1) is 36.4 Å². The first kappa shape index (κ1) is 41.9. The number of ether oxygens (including phenoxy) is 1. The summed E-state index contributed by atoms with van der Waals surface area (Å²) in [5, 5.41) is 23.8. The Labute approximate surface area is 368 Å². The third kappa shape index (κ3) is 9.56. The number of halogens is 2. The molecule has 0 radical (unpaired) electrons. The van der Waals surface area contributed by atoms with Crippen molar-refractivity contribution >= 4 is 93.0 Å². The van der Waals surface area contributed by atoms with Crippen molar-refractivity contribution in [2.24, 2.45) is 11.8 Å². The molecule has 0 spiro atoms. The SMILES string of the molecule is Cc1c(Nc2nc3ccccc3s2)nnc2c1CCCN2c1nc(C(=O)O)c(CCCOc2ccc(C#CCN3CCN(C(=O)C4CCC(C(=O)I)CC4)CC3)cc2F)s1. The number of amides is 1. The average molecular weight is 963 g/mol. The first-order chi connectivity index (χ1) is 29.1. The van der Waals surface area contributed by atoms with Crippen molar-refractivity contribution in [1.82, 2.24) is 30.0 Å². The summed E-state index contributed by atoms with van der Waals surface area (Å²) in [4.78, 5) is 52.9.